The fourth-order valence-electron chi connectivity index (χ4n) is 3.51. The smallest absolute Gasteiger partial charge is 0.344 e. The van der Waals surface area contributed by atoms with Gasteiger partial charge in [-0.1, -0.05) is 64.5 Å². The zero-order valence-electron chi connectivity index (χ0n) is 15.2. The third-order valence-corrected chi connectivity index (χ3v) is 5.32. The molecule has 0 amide bonds. The first-order valence-electron chi connectivity index (χ1n) is 9.13. The first-order chi connectivity index (χ1) is 14.2. The first kappa shape index (κ1) is 17.6. The van der Waals surface area contributed by atoms with Crippen molar-refractivity contribution in [1.82, 2.24) is 9.78 Å². The van der Waals surface area contributed by atoms with Crippen molar-refractivity contribution >= 4 is 26.9 Å². The molecule has 0 saturated carbocycles. The number of benzene rings is 3. The summed E-state index contributed by atoms with van der Waals surface area (Å²) in [6.07, 6.45) is 3.73. The summed E-state index contributed by atoms with van der Waals surface area (Å²) >= 11 is 3.54. The third-order valence-electron chi connectivity index (χ3n) is 4.82. The Labute approximate surface area is 175 Å². The van der Waals surface area contributed by atoms with E-state index in [4.69, 9.17) is 4.42 Å². The molecular formula is C24H15BrN2O2. The average molecular weight is 443 g/mol. The van der Waals surface area contributed by atoms with E-state index in [1.807, 2.05) is 83.7 Å². The van der Waals surface area contributed by atoms with Gasteiger partial charge in [-0.3, -0.25) is 0 Å². The molecule has 5 rings (SSSR count). The van der Waals surface area contributed by atoms with Gasteiger partial charge in [0.1, 0.15) is 5.58 Å². The number of hydrogen-bond acceptors (Lipinski definition) is 3. The molecule has 0 fully saturated rings. The summed E-state index contributed by atoms with van der Waals surface area (Å²) in [4.78, 5) is 13.0. The molecule has 2 aromatic heterocycles. The summed E-state index contributed by atoms with van der Waals surface area (Å²) in [5, 5.41) is 5.38. The molecule has 140 valence electrons. The van der Waals surface area contributed by atoms with Gasteiger partial charge in [0.15, 0.2) is 0 Å². The highest BCUT2D eigenvalue weighted by molar-refractivity contribution is 9.10. The number of para-hydroxylation sites is 1. The van der Waals surface area contributed by atoms with Crippen LogP contribution in [0.1, 0.15) is 0 Å². The molecule has 5 heteroatoms. The van der Waals surface area contributed by atoms with E-state index in [0.717, 1.165) is 32.2 Å². The summed E-state index contributed by atoms with van der Waals surface area (Å²) in [5.74, 6) is 0. The van der Waals surface area contributed by atoms with Gasteiger partial charge in [0.05, 0.1) is 17.4 Å². The maximum atomic E-state index is 13.0. The van der Waals surface area contributed by atoms with E-state index in [1.54, 1.807) is 12.3 Å². The van der Waals surface area contributed by atoms with Crippen LogP contribution in [-0.2, 0) is 0 Å². The lowest BCUT2D eigenvalue weighted by Crippen LogP contribution is -2.06. The number of nitrogens with zero attached hydrogens (tertiary/aromatic N) is 2. The predicted molar refractivity (Wildman–Crippen MR) is 118 cm³/mol. The molecule has 5 aromatic rings. The van der Waals surface area contributed by atoms with Crippen LogP contribution in [0.4, 0.5) is 0 Å². The SMILES string of the molecule is O=c1oc2ccc(Br)cc2c(-c2cnn(-c3ccccc3)c2)c1-c1ccccc1. The number of hydrogen-bond donors (Lipinski definition) is 0. The lowest BCUT2D eigenvalue weighted by atomic mass is 9.95. The lowest BCUT2D eigenvalue weighted by molar-refractivity contribution is 0.564. The summed E-state index contributed by atoms with van der Waals surface area (Å²) in [5.41, 5.74) is 4.13. The number of aromatic nitrogens is 2. The van der Waals surface area contributed by atoms with Gasteiger partial charge in [0.25, 0.3) is 0 Å². The van der Waals surface area contributed by atoms with Crippen molar-refractivity contribution in [2.45, 2.75) is 0 Å². The van der Waals surface area contributed by atoms with Crippen LogP contribution in [0, 0.1) is 0 Å². The van der Waals surface area contributed by atoms with Gasteiger partial charge in [0.2, 0.25) is 0 Å². The molecule has 0 spiro atoms. The molecule has 0 aliphatic rings. The fourth-order valence-corrected chi connectivity index (χ4v) is 3.88. The van der Waals surface area contributed by atoms with Crippen LogP contribution in [0.3, 0.4) is 0 Å². The average Bonchev–Trinajstić information content (AvgIpc) is 3.24. The minimum atomic E-state index is -0.367. The molecule has 3 aromatic carbocycles. The Morgan fingerprint density at radius 1 is 0.828 bits per heavy atom. The van der Waals surface area contributed by atoms with Gasteiger partial charge < -0.3 is 4.42 Å². The summed E-state index contributed by atoms with van der Waals surface area (Å²) in [6.45, 7) is 0. The monoisotopic (exact) mass is 442 g/mol. The van der Waals surface area contributed by atoms with Crippen molar-refractivity contribution in [3.05, 3.63) is 106 Å². The van der Waals surface area contributed by atoms with E-state index in [2.05, 4.69) is 21.0 Å². The van der Waals surface area contributed by atoms with Crippen LogP contribution in [0.25, 0.3) is 38.9 Å². The molecule has 0 bridgehead atoms. The van der Waals surface area contributed by atoms with Crippen molar-refractivity contribution in [2.75, 3.05) is 0 Å². The molecular weight excluding hydrogens is 428 g/mol. The van der Waals surface area contributed by atoms with Crippen LogP contribution in [0.15, 0.2) is 105 Å². The zero-order chi connectivity index (χ0) is 19.8. The Morgan fingerprint density at radius 3 is 2.31 bits per heavy atom. The normalized spacial score (nSPS) is 11.1. The summed E-state index contributed by atoms with van der Waals surface area (Å²) in [7, 11) is 0. The van der Waals surface area contributed by atoms with Crippen LogP contribution < -0.4 is 5.63 Å². The number of fused-ring (bicyclic) bond motifs is 1. The van der Waals surface area contributed by atoms with Gasteiger partial charge in [0, 0.05) is 27.2 Å². The molecule has 0 saturated heterocycles. The summed E-state index contributed by atoms with van der Waals surface area (Å²) < 4.78 is 8.37. The van der Waals surface area contributed by atoms with Gasteiger partial charge in [-0.15, -0.1) is 0 Å². The second kappa shape index (κ2) is 7.18. The van der Waals surface area contributed by atoms with Crippen molar-refractivity contribution in [2.24, 2.45) is 0 Å². The van der Waals surface area contributed by atoms with E-state index in [1.165, 1.54) is 0 Å². The fraction of sp³-hybridized carbons (Fsp3) is 0. The van der Waals surface area contributed by atoms with Crippen molar-refractivity contribution in [3.8, 4) is 27.9 Å². The Bertz CT molecular complexity index is 1370. The van der Waals surface area contributed by atoms with Crippen LogP contribution in [0.5, 0.6) is 0 Å². The van der Waals surface area contributed by atoms with Crippen LogP contribution in [0.2, 0.25) is 0 Å². The van der Waals surface area contributed by atoms with E-state index in [9.17, 15) is 4.79 Å². The zero-order valence-corrected chi connectivity index (χ0v) is 16.8. The number of rotatable bonds is 3. The molecule has 29 heavy (non-hydrogen) atoms. The highest BCUT2D eigenvalue weighted by Crippen LogP contribution is 2.37. The number of halogens is 1. The first-order valence-corrected chi connectivity index (χ1v) is 9.92. The molecule has 0 unspecified atom stereocenters. The Balaban J connectivity index is 1.83. The van der Waals surface area contributed by atoms with E-state index in [0.29, 0.717) is 11.1 Å². The predicted octanol–water partition coefficient (Wildman–Crippen LogP) is 6.08. The third kappa shape index (κ3) is 3.19. The molecule has 2 heterocycles. The highest BCUT2D eigenvalue weighted by atomic mass is 79.9. The highest BCUT2D eigenvalue weighted by Gasteiger charge is 2.19. The topological polar surface area (TPSA) is 48.0 Å². The minimum Gasteiger partial charge on any atom is -0.422 e. The standard InChI is InChI=1S/C24H15BrN2O2/c25-18-11-12-21-20(13-18)22(23(24(28)29-21)16-7-3-1-4-8-16)17-14-26-27(15-17)19-9-5-2-6-10-19/h1-15H. The van der Waals surface area contributed by atoms with Crippen LogP contribution >= 0.6 is 15.9 Å². The van der Waals surface area contributed by atoms with Crippen molar-refractivity contribution in [1.29, 1.82) is 0 Å². The Kier molecular flexibility index (Phi) is 4.37. The Hall–Kier alpha value is -3.44. The molecule has 0 radical (unpaired) electrons. The Morgan fingerprint density at radius 2 is 1.55 bits per heavy atom. The molecule has 0 atom stereocenters. The van der Waals surface area contributed by atoms with Gasteiger partial charge >= 0.3 is 5.63 Å². The molecule has 4 nitrogen and oxygen atoms in total. The van der Waals surface area contributed by atoms with Crippen molar-refractivity contribution < 1.29 is 4.42 Å². The summed E-state index contributed by atoms with van der Waals surface area (Å²) in [6, 6.07) is 25.1. The maximum Gasteiger partial charge on any atom is 0.344 e. The van der Waals surface area contributed by atoms with Gasteiger partial charge in [-0.25, -0.2) is 9.48 Å². The molecule has 0 N–H and O–H groups in total. The second-order valence-electron chi connectivity index (χ2n) is 6.66. The van der Waals surface area contributed by atoms with E-state index in [-0.39, 0.29) is 5.63 Å². The molecule has 0 aliphatic heterocycles. The van der Waals surface area contributed by atoms with E-state index < -0.39 is 0 Å². The maximum absolute atomic E-state index is 13.0. The largest absolute Gasteiger partial charge is 0.422 e. The van der Waals surface area contributed by atoms with Gasteiger partial charge in [-0.2, -0.15) is 5.10 Å². The van der Waals surface area contributed by atoms with E-state index >= 15 is 0 Å². The lowest BCUT2D eigenvalue weighted by Gasteiger charge is -2.11. The molecule has 0 aliphatic carbocycles. The quantitative estimate of drug-likeness (QED) is 0.318. The second-order valence-corrected chi connectivity index (χ2v) is 7.57. The van der Waals surface area contributed by atoms with Crippen molar-refractivity contribution in [3.63, 3.8) is 0 Å². The van der Waals surface area contributed by atoms with Crippen LogP contribution in [-0.4, -0.2) is 9.78 Å². The van der Waals surface area contributed by atoms with Gasteiger partial charge in [-0.05, 0) is 35.9 Å². The minimum absolute atomic E-state index is 0.367.